The smallest absolute Gasteiger partial charge is 0.323 e. The average Bonchev–Trinajstić information content (AvgIpc) is 1.86. The van der Waals surface area contributed by atoms with E-state index in [2.05, 4.69) is 0 Å². The van der Waals surface area contributed by atoms with Gasteiger partial charge >= 0.3 is 5.97 Å². The van der Waals surface area contributed by atoms with E-state index in [1.165, 1.54) is 0 Å². The number of carbonyl (C=O) groups is 1. The Morgan fingerprint density at radius 1 is 1.82 bits per heavy atom. The number of hydrogen-bond acceptors (Lipinski definition) is 2. The van der Waals surface area contributed by atoms with Crippen LogP contribution in [0.5, 0.6) is 0 Å². The van der Waals surface area contributed by atoms with Gasteiger partial charge in [0.05, 0.1) is 0 Å². The summed E-state index contributed by atoms with van der Waals surface area (Å²) in [4.78, 5) is 10.7. The highest BCUT2D eigenvalue weighted by atomic mass is 127. The van der Waals surface area contributed by atoms with Gasteiger partial charge in [0.15, 0.2) is 0 Å². The Balaban J connectivity index is 2.86. The number of carboxylic acid groups (broad SMARTS) is 1. The third-order valence-electron chi connectivity index (χ3n) is 1.49. The minimum atomic E-state index is -0.842. The van der Waals surface area contributed by atoms with E-state index in [1.807, 2.05) is 22.6 Å². The van der Waals surface area contributed by atoms with Gasteiger partial charge in [0.2, 0.25) is 0 Å². The van der Waals surface area contributed by atoms with Crippen molar-refractivity contribution in [2.24, 2.45) is 5.73 Å². The third kappa shape index (κ3) is 1.74. The molecule has 1 aliphatic carbocycles. The molecular weight excluding hydrogens is 257 g/mol. The molecule has 0 heterocycles. The Kier molecular flexibility index (Phi) is 2.22. The molecule has 0 saturated heterocycles. The molecule has 0 radical (unpaired) electrons. The van der Waals surface area contributed by atoms with Gasteiger partial charge in [0.1, 0.15) is 3.42 Å². The van der Waals surface area contributed by atoms with Crippen LogP contribution in [0.4, 0.5) is 0 Å². The largest absolute Gasteiger partial charge is 0.480 e. The first kappa shape index (κ1) is 8.58. The van der Waals surface area contributed by atoms with Crippen LogP contribution in [0.3, 0.4) is 0 Å². The van der Waals surface area contributed by atoms with Crippen LogP contribution in [0.2, 0.25) is 0 Å². The standard InChI is InChI=1S/C7H8INO2/c8-7(6(10)11)3-1-2-5(9)4-7/h1-3H,4,9H2,(H,10,11). The van der Waals surface area contributed by atoms with E-state index in [9.17, 15) is 4.79 Å². The minimum Gasteiger partial charge on any atom is -0.480 e. The van der Waals surface area contributed by atoms with Crippen molar-refractivity contribution in [3.8, 4) is 0 Å². The zero-order valence-corrected chi connectivity index (χ0v) is 7.91. The van der Waals surface area contributed by atoms with E-state index < -0.39 is 9.39 Å². The molecule has 0 aromatic rings. The van der Waals surface area contributed by atoms with Gasteiger partial charge in [-0.1, -0.05) is 34.7 Å². The van der Waals surface area contributed by atoms with Crippen LogP contribution < -0.4 is 5.73 Å². The molecule has 0 aromatic heterocycles. The van der Waals surface area contributed by atoms with Crippen molar-refractivity contribution in [2.45, 2.75) is 9.84 Å². The molecule has 3 nitrogen and oxygen atoms in total. The lowest BCUT2D eigenvalue weighted by molar-refractivity contribution is -0.138. The predicted molar refractivity (Wildman–Crippen MR) is 50.4 cm³/mol. The van der Waals surface area contributed by atoms with Gasteiger partial charge in [-0.3, -0.25) is 4.79 Å². The molecule has 1 atom stereocenters. The van der Waals surface area contributed by atoms with Crippen LogP contribution >= 0.6 is 22.6 Å². The summed E-state index contributed by atoms with van der Waals surface area (Å²) in [5, 5.41) is 8.77. The van der Waals surface area contributed by atoms with Crippen molar-refractivity contribution >= 4 is 28.6 Å². The Hall–Kier alpha value is -0.520. The maximum atomic E-state index is 10.7. The van der Waals surface area contributed by atoms with E-state index in [1.54, 1.807) is 18.2 Å². The molecule has 0 aliphatic heterocycles. The number of nitrogens with two attached hydrogens (primary N) is 1. The van der Waals surface area contributed by atoms with Crippen LogP contribution in [-0.4, -0.2) is 14.5 Å². The lowest BCUT2D eigenvalue weighted by Crippen LogP contribution is -2.32. The van der Waals surface area contributed by atoms with Gasteiger partial charge in [-0.2, -0.15) is 0 Å². The van der Waals surface area contributed by atoms with Gasteiger partial charge in [0.25, 0.3) is 0 Å². The molecule has 60 valence electrons. The number of allylic oxidation sites excluding steroid dienone is 3. The average molecular weight is 265 g/mol. The second kappa shape index (κ2) is 2.84. The molecule has 11 heavy (non-hydrogen) atoms. The number of alkyl halides is 1. The highest BCUT2D eigenvalue weighted by Crippen LogP contribution is 2.30. The van der Waals surface area contributed by atoms with Crippen LogP contribution in [0.1, 0.15) is 6.42 Å². The van der Waals surface area contributed by atoms with E-state index in [0.29, 0.717) is 12.1 Å². The molecule has 1 rings (SSSR count). The normalized spacial score (nSPS) is 29.7. The molecule has 1 unspecified atom stereocenters. The van der Waals surface area contributed by atoms with Crippen molar-refractivity contribution in [1.82, 2.24) is 0 Å². The summed E-state index contributed by atoms with van der Waals surface area (Å²) in [7, 11) is 0. The van der Waals surface area contributed by atoms with Crippen molar-refractivity contribution in [3.63, 3.8) is 0 Å². The first-order valence-electron chi connectivity index (χ1n) is 3.11. The molecule has 1 aliphatic rings. The molecule has 0 bridgehead atoms. The number of hydrogen-bond donors (Lipinski definition) is 2. The lowest BCUT2D eigenvalue weighted by Gasteiger charge is -2.20. The van der Waals surface area contributed by atoms with E-state index in [4.69, 9.17) is 10.8 Å². The molecule has 0 amide bonds. The summed E-state index contributed by atoms with van der Waals surface area (Å²) in [6.07, 6.45) is 5.44. The SMILES string of the molecule is NC1=CC=CC(I)(C(=O)O)C1. The Morgan fingerprint density at radius 2 is 2.45 bits per heavy atom. The topological polar surface area (TPSA) is 63.3 Å². The second-order valence-corrected chi connectivity index (χ2v) is 4.37. The molecule has 0 spiro atoms. The summed E-state index contributed by atoms with van der Waals surface area (Å²) in [6, 6.07) is 0. The van der Waals surface area contributed by atoms with E-state index >= 15 is 0 Å². The molecular formula is C7H8INO2. The van der Waals surface area contributed by atoms with Crippen molar-refractivity contribution in [2.75, 3.05) is 0 Å². The van der Waals surface area contributed by atoms with Gasteiger partial charge in [-0.25, -0.2) is 0 Å². The quantitative estimate of drug-likeness (QED) is 0.550. The highest BCUT2D eigenvalue weighted by Gasteiger charge is 2.34. The summed E-state index contributed by atoms with van der Waals surface area (Å²) in [5.41, 5.74) is 6.10. The summed E-state index contributed by atoms with van der Waals surface area (Å²) >= 11 is 1.89. The van der Waals surface area contributed by atoms with E-state index in [-0.39, 0.29) is 0 Å². The maximum absolute atomic E-state index is 10.7. The van der Waals surface area contributed by atoms with Crippen molar-refractivity contribution in [3.05, 3.63) is 23.9 Å². The number of aliphatic carboxylic acids is 1. The fourth-order valence-electron chi connectivity index (χ4n) is 0.886. The molecule has 4 heteroatoms. The molecule has 0 aromatic carbocycles. The second-order valence-electron chi connectivity index (χ2n) is 2.45. The Bertz CT molecular complexity index is 247. The number of halogens is 1. The Morgan fingerprint density at radius 3 is 2.82 bits per heavy atom. The molecule has 0 fully saturated rings. The minimum absolute atomic E-state index is 0.388. The zero-order valence-electron chi connectivity index (χ0n) is 5.75. The fraction of sp³-hybridized carbons (Fsp3) is 0.286. The summed E-state index contributed by atoms with van der Waals surface area (Å²) < 4.78 is -0.837. The monoisotopic (exact) mass is 265 g/mol. The van der Waals surface area contributed by atoms with Crippen molar-refractivity contribution in [1.29, 1.82) is 0 Å². The predicted octanol–water partition coefficient (Wildman–Crippen LogP) is 1.05. The van der Waals surface area contributed by atoms with Crippen LogP contribution in [0, 0.1) is 0 Å². The van der Waals surface area contributed by atoms with Gasteiger partial charge in [-0.15, -0.1) is 0 Å². The maximum Gasteiger partial charge on any atom is 0.323 e. The first-order valence-corrected chi connectivity index (χ1v) is 4.19. The zero-order chi connectivity index (χ0) is 8.48. The van der Waals surface area contributed by atoms with Crippen LogP contribution in [-0.2, 0) is 4.79 Å². The Labute approximate surface area is 78.1 Å². The number of carboxylic acids is 1. The summed E-state index contributed by atoms with van der Waals surface area (Å²) in [5.74, 6) is -0.842. The first-order chi connectivity index (χ1) is 5.04. The lowest BCUT2D eigenvalue weighted by atomic mass is 9.99. The van der Waals surface area contributed by atoms with Crippen LogP contribution in [0.25, 0.3) is 0 Å². The van der Waals surface area contributed by atoms with Gasteiger partial charge in [-0.05, 0) is 6.08 Å². The third-order valence-corrected chi connectivity index (χ3v) is 2.69. The van der Waals surface area contributed by atoms with Crippen LogP contribution in [0.15, 0.2) is 23.9 Å². The fourth-order valence-corrected chi connectivity index (χ4v) is 1.53. The highest BCUT2D eigenvalue weighted by molar-refractivity contribution is 14.1. The molecule has 0 saturated carbocycles. The molecule has 3 N–H and O–H groups in total. The van der Waals surface area contributed by atoms with Crippen molar-refractivity contribution < 1.29 is 9.90 Å². The van der Waals surface area contributed by atoms with Gasteiger partial charge in [0, 0.05) is 12.1 Å². The van der Waals surface area contributed by atoms with E-state index in [0.717, 1.165) is 0 Å². The van der Waals surface area contributed by atoms with Gasteiger partial charge < -0.3 is 10.8 Å². The number of rotatable bonds is 1. The summed E-state index contributed by atoms with van der Waals surface area (Å²) in [6.45, 7) is 0.